The predicted molar refractivity (Wildman–Crippen MR) is 110 cm³/mol. The number of ether oxygens (including phenoxy) is 1. The Kier molecular flexibility index (Phi) is 5.40. The minimum atomic E-state index is -0.0335. The van der Waals surface area contributed by atoms with E-state index in [9.17, 15) is 4.79 Å². The van der Waals surface area contributed by atoms with Crippen LogP contribution in [0.5, 0.6) is 0 Å². The molecule has 0 amide bonds. The van der Waals surface area contributed by atoms with Gasteiger partial charge in [0.2, 0.25) is 0 Å². The van der Waals surface area contributed by atoms with E-state index in [1.54, 1.807) is 0 Å². The summed E-state index contributed by atoms with van der Waals surface area (Å²) in [4.78, 5) is 11.6. The molecule has 0 unspecified atom stereocenters. The average molecular weight is 375 g/mol. The Morgan fingerprint density at radius 3 is 2.52 bits per heavy atom. The van der Waals surface area contributed by atoms with Crippen LogP contribution in [0.15, 0.2) is 0 Å². The van der Waals surface area contributed by atoms with Crippen molar-refractivity contribution < 1.29 is 9.53 Å². The van der Waals surface area contributed by atoms with Gasteiger partial charge in [-0.25, -0.2) is 0 Å². The molecule has 0 heterocycles. The fourth-order valence-electron chi connectivity index (χ4n) is 8.92. The summed E-state index contributed by atoms with van der Waals surface area (Å²) in [5.74, 6) is 5.38. The highest BCUT2D eigenvalue weighted by molar-refractivity contribution is 5.69. The van der Waals surface area contributed by atoms with Crippen LogP contribution in [-0.2, 0) is 9.53 Å². The molecule has 0 spiro atoms. The molecular weight excluding hydrogens is 332 g/mol. The van der Waals surface area contributed by atoms with Gasteiger partial charge in [-0.3, -0.25) is 4.79 Å². The van der Waals surface area contributed by atoms with Crippen LogP contribution >= 0.6 is 0 Å². The molecule has 8 atom stereocenters. The summed E-state index contributed by atoms with van der Waals surface area (Å²) >= 11 is 0. The number of hydrogen-bond acceptors (Lipinski definition) is 2. The number of methoxy groups -OCH3 is 1. The molecule has 0 N–H and O–H groups in total. The van der Waals surface area contributed by atoms with Gasteiger partial charge in [0.15, 0.2) is 0 Å². The van der Waals surface area contributed by atoms with Crippen LogP contribution in [0.2, 0.25) is 0 Å². The molecular formula is C25H42O2. The number of carbonyl (C=O) groups excluding carboxylic acids is 1. The molecule has 0 radical (unpaired) electrons. The van der Waals surface area contributed by atoms with E-state index in [0.29, 0.717) is 23.2 Å². The van der Waals surface area contributed by atoms with Gasteiger partial charge in [-0.05, 0) is 104 Å². The van der Waals surface area contributed by atoms with E-state index in [-0.39, 0.29) is 5.97 Å². The van der Waals surface area contributed by atoms with Crippen LogP contribution in [0.25, 0.3) is 0 Å². The van der Waals surface area contributed by atoms with Crippen molar-refractivity contribution in [1.29, 1.82) is 0 Å². The second-order valence-electron chi connectivity index (χ2n) is 11.2. The quantitative estimate of drug-likeness (QED) is 0.517. The minimum Gasteiger partial charge on any atom is -0.469 e. The normalized spacial score (nSPS) is 47.5. The molecule has 4 saturated carbocycles. The SMILES string of the molecule is COC(=O)CC[C@H](C)[C@H]1CC[C@H]2[C@@H]3CC[C@H]4CCCC[C@]4(C)[C@H]3CC[C@]12C. The van der Waals surface area contributed by atoms with Gasteiger partial charge in [0, 0.05) is 6.42 Å². The predicted octanol–water partition coefficient (Wildman–Crippen LogP) is 6.62. The highest BCUT2D eigenvalue weighted by atomic mass is 16.5. The fourth-order valence-corrected chi connectivity index (χ4v) is 8.92. The van der Waals surface area contributed by atoms with Gasteiger partial charge in [0.05, 0.1) is 7.11 Å². The van der Waals surface area contributed by atoms with Gasteiger partial charge in [-0.2, -0.15) is 0 Å². The fraction of sp³-hybridized carbons (Fsp3) is 0.960. The van der Waals surface area contributed by atoms with E-state index < -0.39 is 0 Å². The van der Waals surface area contributed by atoms with Crippen molar-refractivity contribution in [2.45, 2.75) is 97.8 Å². The van der Waals surface area contributed by atoms with Crippen molar-refractivity contribution in [3.8, 4) is 0 Å². The van der Waals surface area contributed by atoms with E-state index in [1.165, 1.54) is 71.3 Å². The Morgan fingerprint density at radius 1 is 0.963 bits per heavy atom. The van der Waals surface area contributed by atoms with Crippen LogP contribution in [0, 0.1) is 46.3 Å². The number of carbonyl (C=O) groups is 1. The average Bonchev–Trinajstić information content (AvgIpc) is 3.02. The van der Waals surface area contributed by atoms with E-state index in [2.05, 4.69) is 20.8 Å². The first-order valence-electron chi connectivity index (χ1n) is 12.0. The number of esters is 1. The van der Waals surface area contributed by atoms with E-state index in [1.807, 2.05) is 0 Å². The first-order valence-corrected chi connectivity index (χ1v) is 12.0. The molecule has 27 heavy (non-hydrogen) atoms. The van der Waals surface area contributed by atoms with Crippen molar-refractivity contribution in [3.63, 3.8) is 0 Å². The number of fused-ring (bicyclic) bond motifs is 5. The molecule has 0 aliphatic heterocycles. The van der Waals surface area contributed by atoms with Gasteiger partial charge < -0.3 is 4.74 Å². The largest absolute Gasteiger partial charge is 0.469 e. The van der Waals surface area contributed by atoms with Crippen molar-refractivity contribution in [2.24, 2.45) is 46.3 Å². The Balaban J connectivity index is 1.49. The van der Waals surface area contributed by atoms with Gasteiger partial charge in [0.25, 0.3) is 0 Å². The molecule has 4 rings (SSSR count). The van der Waals surface area contributed by atoms with Gasteiger partial charge >= 0.3 is 5.97 Å². The zero-order valence-electron chi connectivity index (χ0n) is 18.3. The Bertz CT molecular complexity index is 557. The van der Waals surface area contributed by atoms with Crippen LogP contribution in [-0.4, -0.2) is 13.1 Å². The Morgan fingerprint density at radius 2 is 1.74 bits per heavy atom. The molecule has 0 aromatic rings. The molecule has 0 aromatic carbocycles. The summed E-state index contributed by atoms with van der Waals surface area (Å²) in [6.07, 6.45) is 16.4. The van der Waals surface area contributed by atoms with Crippen LogP contribution in [0.3, 0.4) is 0 Å². The summed E-state index contributed by atoms with van der Waals surface area (Å²) < 4.78 is 4.89. The van der Waals surface area contributed by atoms with Crippen LogP contribution in [0.1, 0.15) is 97.8 Å². The zero-order valence-corrected chi connectivity index (χ0v) is 18.3. The summed E-state index contributed by atoms with van der Waals surface area (Å²) in [5.41, 5.74) is 1.17. The van der Waals surface area contributed by atoms with Crippen molar-refractivity contribution in [1.82, 2.24) is 0 Å². The lowest BCUT2D eigenvalue weighted by Crippen LogP contribution is -2.53. The summed E-state index contributed by atoms with van der Waals surface area (Å²) in [7, 11) is 1.52. The highest BCUT2D eigenvalue weighted by Crippen LogP contribution is 2.68. The Labute approximate surface area is 167 Å². The van der Waals surface area contributed by atoms with Crippen molar-refractivity contribution in [3.05, 3.63) is 0 Å². The van der Waals surface area contributed by atoms with E-state index in [4.69, 9.17) is 4.74 Å². The first-order chi connectivity index (χ1) is 12.9. The molecule has 2 heteroatoms. The van der Waals surface area contributed by atoms with Crippen molar-refractivity contribution >= 4 is 5.97 Å². The monoisotopic (exact) mass is 374 g/mol. The minimum absolute atomic E-state index is 0.0335. The molecule has 154 valence electrons. The van der Waals surface area contributed by atoms with Gasteiger partial charge in [-0.15, -0.1) is 0 Å². The smallest absolute Gasteiger partial charge is 0.305 e. The van der Waals surface area contributed by atoms with E-state index in [0.717, 1.165) is 36.0 Å². The van der Waals surface area contributed by atoms with Crippen molar-refractivity contribution in [2.75, 3.05) is 7.11 Å². The molecule has 4 fully saturated rings. The van der Waals surface area contributed by atoms with Crippen LogP contribution < -0.4 is 0 Å². The van der Waals surface area contributed by atoms with Gasteiger partial charge in [-0.1, -0.05) is 33.6 Å². The summed E-state index contributed by atoms with van der Waals surface area (Å²) in [6.45, 7) is 7.73. The second kappa shape index (κ2) is 7.38. The molecule has 4 aliphatic carbocycles. The lowest BCUT2D eigenvalue weighted by molar-refractivity contribution is -0.141. The maximum atomic E-state index is 11.6. The number of rotatable bonds is 4. The third kappa shape index (κ3) is 3.18. The molecule has 0 saturated heterocycles. The first kappa shape index (κ1) is 19.8. The Hall–Kier alpha value is -0.530. The molecule has 4 aliphatic rings. The maximum absolute atomic E-state index is 11.6. The van der Waals surface area contributed by atoms with Crippen LogP contribution in [0.4, 0.5) is 0 Å². The number of hydrogen-bond donors (Lipinski definition) is 0. The molecule has 2 nitrogen and oxygen atoms in total. The third-order valence-corrected chi connectivity index (χ3v) is 10.4. The molecule has 0 aromatic heterocycles. The topological polar surface area (TPSA) is 26.3 Å². The van der Waals surface area contributed by atoms with Gasteiger partial charge in [0.1, 0.15) is 0 Å². The summed E-state index contributed by atoms with van der Waals surface area (Å²) in [6, 6.07) is 0. The standard InChI is InChI=1S/C25H42O2/c1-17(8-13-23(26)27-4)20-11-12-21-19-10-9-18-7-5-6-15-24(18,2)22(19)14-16-25(20,21)3/h17-22H,5-16H2,1-4H3/t17-,18+,19-,20+,21-,22-,24-,25+/m0/s1. The highest BCUT2D eigenvalue weighted by Gasteiger charge is 2.60. The lowest BCUT2D eigenvalue weighted by Gasteiger charge is -2.61. The third-order valence-electron chi connectivity index (χ3n) is 10.4. The zero-order chi connectivity index (χ0) is 19.2. The summed E-state index contributed by atoms with van der Waals surface area (Å²) in [5, 5.41) is 0. The molecule has 0 bridgehead atoms. The maximum Gasteiger partial charge on any atom is 0.305 e. The second-order valence-corrected chi connectivity index (χ2v) is 11.2. The van der Waals surface area contributed by atoms with E-state index >= 15 is 0 Å². The lowest BCUT2D eigenvalue weighted by atomic mass is 9.44.